The molecule has 0 fully saturated rings. The SMILES string of the molecule is CCC(C)CCCCCCCCCCCCCCCCCCCCC(=O)OC[C@H](COC(=O)CCCCCCCCCCCCCCCCC(C)CC)OC(=O)CCCCCCCCCCCCCCCCCCCCC(C)CC. The number of hydrogen-bond donors (Lipinski definition) is 0. The predicted octanol–water partition coefficient (Wildman–Crippen LogP) is 25.0. The van der Waals surface area contributed by atoms with E-state index < -0.39 is 6.10 Å². The second-order valence-electron chi connectivity index (χ2n) is 26.3. The molecule has 0 heterocycles. The van der Waals surface area contributed by atoms with Gasteiger partial charge in [0, 0.05) is 19.3 Å². The van der Waals surface area contributed by atoms with Gasteiger partial charge in [-0.1, -0.05) is 382 Å². The molecule has 4 atom stereocenters. The summed E-state index contributed by atoms with van der Waals surface area (Å²) in [5.74, 6) is 1.89. The van der Waals surface area contributed by atoms with Crippen LogP contribution in [0.4, 0.5) is 0 Å². The molecule has 0 aromatic carbocycles. The van der Waals surface area contributed by atoms with Crippen molar-refractivity contribution in [2.75, 3.05) is 13.2 Å². The van der Waals surface area contributed by atoms with E-state index >= 15 is 0 Å². The molecule has 0 radical (unpaired) electrons. The van der Waals surface area contributed by atoms with Crippen LogP contribution in [0, 0.1) is 17.8 Å². The first kappa shape index (κ1) is 78.4. The first-order valence-corrected chi connectivity index (χ1v) is 36.7. The number of carbonyl (C=O) groups is 3. The molecule has 0 aliphatic heterocycles. The highest BCUT2D eigenvalue weighted by molar-refractivity contribution is 5.71. The average Bonchev–Trinajstić information content (AvgIpc) is 3.46. The minimum absolute atomic E-state index is 0.0616. The lowest BCUT2D eigenvalue weighted by Crippen LogP contribution is -2.30. The Morgan fingerprint density at radius 1 is 0.237 bits per heavy atom. The van der Waals surface area contributed by atoms with Crippen molar-refractivity contribution in [1.82, 2.24) is 0 Å². The van der Waals surface area contributed by atoms with Crippen molar-refractivity contribution in [3.05, 3.63) is 0 Å². The van der Waals surface area contributed by atoms with Crippen LogP contribution in [-0.4, -0.2) is 37.2 Å². The van der Waals surface area contributed by atoms with Crippen molar-refractivity contribution >= 4 is 17.9 Å². The van der Waals surface area contributed by atoms with E-state index in [0.717, 1.165) is 75.5 Å². The van der Waals surface area contributed by atoms with E-state index in [-0.39, 0.29) is 31.1 Å². The highest BCUT2D eigenvalue weighted by Crippen LogP contribution is 2.21. The zero-order valence-electron chi connectivity index (χ0n) is 55.4. The predicted molar refractivity (Wildman–Crippen MR) is 349 cm³/mol. The molecule has 0 bridgehead atoms. The summed E-state index contributed by atoms with van der Waals surface area (Å²) in [6, 6.07) is 0. The summed E-state index contributed by atoms with van der Waals surface area (Å²) < 4.78 is 17.1. The smallest absolute Gasteiger partial charge is 0.306 e. The summed E-state index contributed by atoms with van der Waals surface area (Å²) in [6.45, 7) is 14.0. The zero-order valence-corrected chi connectivity index (χ0v) is 55.4. The summed E-state index contributed by atoms with van der Waals surface area (Å²) >= 11 is 0. The Kier molecular flexibility index (Phi) is 63.7. The highest BCUT2D eigenvalue weighted by Gasteiger charge is 2.20. The first-order chi connectivity index (χ1) is 39.2. The van der Waals surface area contributed by atoms with Gasteiger partial charge in [-0.2, -0.15) is 0 Å². The lowest BCUT2D eigenvalue weighted by atomic mass is 9.99. The maximum Gasteiger partial charge on any atom is 0.306 e. The van der Waals surface area contributed by atoms with Gasteiger partial charge in [0.05, 0.1) is 0 Å². The Balaban J connectivity index is 4.28. The van der Waals surface area contributed by atoms with Crippen LogP contribution in [0.2, 0.25) is 0 Å². The molecular formula is C74H144O6. The molecule has 0 saturated carbocycles. The second kappa shape index (κ2) is 65.0. The van der Waals surface area contributed by atoms with Crippen LogP contribution in [0.5, 0.6) is 0 Å². The van der Waals surface area contributed by atoms with E-state index in [1.807, 2.05) is 0 Å². The van der Waals surface area contributed by atoms with Gasteiger partial charge in [-0.05, 0) is 37.0 Å². The van der Waals surface area contributed by atoms with E-state index in [9.17, 15) is 14.4 Å². The van der Waals surface area contributed by atoms with Crippen molar-refractivity contribution < 1.29 is 28.6 Å². The minimum Gasteiger partial charge on any atom is -0.462 e. The fourth-order valence-electron chi connectivity index (χ4n) is 11.6. The second-order valence-corrected chi connectivity index (χ2v) is 26.3. The number of carbonyl (C=O) groups excluding carboxylic acids is 3. The molecule has 6 nitrogen and oxygen atoms in total. The van der Waals surface area contributed by atoms with Crippen LogP contribution in [0.1, 0.15) is 420 Å². The number of ether oxygens (including phenoxy) is 3. The van der Waals surface area contributed by atoms with Gasteiger partial charge in [-0.3, -0.25) is 14.4 Å². The standard InChI is InChI=1S/C74H144O6/c1-7-68(4)60-54-48-42-36-30-24-18-14-10-12-16-20-27-33-39-45-51-57-63-72(75)78-66-71(67-79-73(76)64-58-52-46-40-34-28-23-22-26-32-38-44-50-56-62-70(6)9-3)80-74(77)65-59-53-47-41-35-29-21-17-13-11-15-19-25-31-37-43-49-55-61-69(5)8-2/h68-71H,7-67H2,1-6H3/t68?,69?,70?,71-/m1/s1. The third-order valence-electron chi connectivity index (χ3n) is 18.2. The molecule has 476 valence electrons. The van der Waals surface area contributed by atoms with Crippen molar-refractivity contribution in [2.45, 2.75) is 426 Å². The van der Waals surface area contributed by atoms with E-state index in [0.29, 0.717) is 19.3 Å². The van der Waals surface area contributed by atoms with Crippen molar-refractivity contribution in [3.63, 3.8) is 0 Å². The van der Waals surface area contributed by atoms with Crippen molar-refractivity contribution in [3.8, 4) is 0 Å². The maximum absolute atomic E-state index is 13.0. The molecule has 0 spiro atoms. The highest BCUT2D eigenvalue weighted by atomic mass is 16.6. The Labute approximate surface area is 501 Å². The fourth-order valence-corrected chi connectivity index (χ4v) is 11.6. The lowest BCUT2D eigenvalue weighted by Gasteiger charge is -2.18. The van der Waals surface area contributed by atoms with E-state index in [1.54, 1.807) is 0 Å². The van der Waals surface area contributed by atoms with Crippen LogP contribution in [0.15, 0.2) is 0 Å². The minimum atomic E-state index is -0.766. The Morgan fingerprint density at radius 3 is 0.588 bits per heavy atom. The Hall–Kier alpha value is -1.59. The summed E-state index contributed by atoms with van der Waals surface area (Å²) in [6.07, 6.45) is 73.9. The third kappa shape index (κ3) is 62.5. The van der Waals surface area contributed by atoms with Crippen molar-refractivity contribution in [1.29, 1.82) is 0 Å². The molecule has 0 N–H and O–H groups in total. The average molecular weight is 1130 g/mol. The molecule has 0 aliphatic carbocycles. The monoisotopic (exact) mass is 1130 g/mol. The molecule has 0 saturated heterocycles. The Bertz CT molecular complexity index is 1250. The first-order valence-electron chi connectivity index (χ1n) is 36.7. The van der Waals surface area contributed by atoms with Gasteiger partial charge in [-0.15, -0.1) is 0 Å². The van der Waals surface area contributed by atoms with Gasteiger partial charge < -0.3 is 14.2 Å². The molecule has 0 aromatic rings. The third-order valence-corrected chi connectivity index (χ3v) is 18.2. The largest absolute Gasteiger partial charge is 0.462 e. The van der Waals surface area contributed by atoms with Gasteiger partial charge in [-0.25, -0.2) is 0 Å². The van der Waals surface area contributed by atoms with Crippen LogP contribution < -0.4 is 0 Å². The van der Waals surface area contributed by atoms with Gasteiger partial charge in [0.25, 0.3) is 0 Å². The maximum atomic E-state index is 13.0. The van der Waals surface area contributed by atoms with Crippen LogP contribution in [-0.2, 0) is 28.6 Å². The summed E-state index contributed by atoms with van der Waals surface area (Å²) in [5, 5.41) is 0. The zero-order chi connectivity index (χ0) is 58.3. The molecule has 0 aliphatic rings. The Morgan fingerprint density at radius 2 is 0.400 bits per heavy atom. The summed E-state index contributed by atoms with van der Waals surface area (Å²) in [4.78, 5) is 38.5. The van der Waals surface area contributed by atoms with E-state index in [4.69, 9.17) is 14.2 Å². The van der Waals surface area contributed by atoms with Crippen molar-refractivity contribution in [2.24, 2.45) is 17.8 Å². The van der Waals surface area contributed by atoms with Gasteiger partial charge >= 0.3 is 17.9 Å². The topological polar surface area (TPSA) is 78.9 Å². The van der Waals surface area contributed by atoms with Crippen LogP contribution in [0.3, 0.4) is 0 Å². The molecule has 0 rings (SSSR count). The van der Waals surface area contributed by atoms with Gasteiger partial charge in [0.1, 0.15) is 13.2 Å². The van der Waals surface area contributed by atoms with Crippen LogP contribution >= 0.6 is 0 Å². The normalized spacial score (nSPS) is 13.1. The molecule has 3 unspecified atom stereocenters. The number of unbranched alkanes of at least 4 members (excludes halogenated alkanes) is 47. The quantitative estimate of drug-likeness (QED) is 0.0343. The number of rotatable bonds is 67. The van der Waals surface area contributed by atoms with Gasteiger partial charge in [0.2, 0.25) is 0 Å². The number of hydrogen-bond acceptors (Lipinski definition) is 6. The number of esters is 3. The summed E-state index contributed by atoms with van der Waals surface area (Å²) in [7, 11) is 0. The molecule has 0 aromatic heterocycles. The molecule has 0 amide bonds. The summed E-state index contributed by atoms with van der Waals surface area (Å²) in [5.41, 5.74) is 0. The molecule has 80 heavy (non-hydrogen) atoms. The lowest BCUT2D eigenvalue weighted by molar-refractivity contribution is -0.167. The van der Waals surface area contributed by atoms with Crippen LogP contribution in [0.25, 0.3) is 0 Å². The van der Waals surface area contributed by atoms with Gasteiger partial charge in [0.15, 0.2) is 6.10 Å². The fraction of sp³-hybridized carbons (Fsp3) is 0.959. The molecular weight excluding hydrogens is 985 g/mol. The van der Waals surface area contributed by atoms with E-state index in [2.05, 4.69) is 41.5 Å². The van der Waals surface area contributed by atoms with E-state index in [1.165, 1.54) is 302 Å². The molecule has 6 heteroatoms.